The fourth-order valence-electron chi connectivity index (χ4n) is 9.39. The van der Waals surface area contributed by atoms with Gasteiger partial charge in [0.1, 0.15) is 11.2 Å². The van der Waals surface area contributed by atoms with E-state index in [1.807, 2.05) is 12.1 Å². The van der Waals surface area contributed by atoms with Gasteiger partial charge in [0.25, 0.3) is 0 Å². The zero-order valence-corrected chi connectivity index (χ0v) is 34.4. The molecule has 12 aromatic rings. The third-order valence-corrected chi connectivity index (χ3v) is 12.4. The molecule has 63 heavy (non-hydrogen) atoms. The van der Waals surface area contributed by atoms with Gasteiger partial charge in [-0.3, -0.25) is 0 Å². The van der Waals surface area contributed by atoms with E-state index in [1.165, 1.54) is 44.1 Å². The van der Waals surface area contributed by atoms with E-state index in [0.29, 0.717) is 0 Å². The van der Waals surface area contributed by atoms with E-state index in [9.17, 15) is 0 Å². The molecule has 2 aromatic heterocycles. The molecule has 0 aliphatic rings. The summed E-state index contributed by atoms with van der Waals surface area (Å²) in [6, 6.07) is 87.1. The maximum atomic E-state index is 6.44. The molecule has 3 nitrogen and oxygen atoms in total. The van der Waals surface area contributed by atoms with Crippen LogP contribution in [-0.2, 0) is 0 Å². The molecule has 2 heterocycles. The molecular weight excluding hydrogens is 765 g/mol. The van der Waals surface area contributed by atoms with Crippen LogP contribution < -0.4 is 4.90 Å². The molecule has 0 aliphatic heterocycles. The van der Waals surface area contributed by atoms with Gasteiger partial charge in [-0.25, -0.2) is 0 Å². The third-order valence-electron chi connectivity index (χ3n) is 12.4. The van der Waals surface area contributed by atoms with Crippen LogP contribution in [0.5, 0.6) is 0 Å². The Hall–Kier alpha value is -8.40. The van der Waals surface area contributed by atoms with Gasteiger partial charge in [0.2, 0.25) is 0 Å². The van der Waals surface area contributed by atoms with E-state index in [4.69, 9.17) is 4.42 Å². The van der Waals surface area contributed by atoms with E-state index in [2.05, 4.69) is 240 Å². The Morgan fingerprint density at radius 1 is 0.302 bits per heavy atom. The van der Waals surface area contributed by atoms with Gasteiger partial charge in [0, 0.05) is 49.7 Å². The van der Waals surface area contributed by atoms with Crippen molar-refractivity contribution in [2.24, 2.45) is 0 Å². The lowest BCUT2D eigenvalue weighted by molar-refractivity contribution is 0.670. The maximum absolute atomic E-state index is 6.44. The van der Waals surface area contributed by atoms with E-state index >= 15 is 0 Å². The second-order valence-corrected chi connectivity index (χ2v) is 16.1. The van der Waals surface area contributed by atoms with Crippen molar-refractivity contribution in [3.8, 4) is 50.2 Å². The molecule has 0 aliphatic carbocycles. The fraction of sp³-hybridized carbons (Fsp3) is 0. The van der Waals surface area contributed by atoms with Crippen LogP contribution in [0.25, 0.3) is 93.9 Å². The number of anilines is 3. The highest BCUT2D eigenvalue weighted by Gasteiger charge is 2.19. The van der Waals surface area contributed by atoms with Gasteiger partial charge in [0.05, 0.1) is 16.7 Å². The number of aromatic nitrogens is 1. The summed E-state index contributed by atoms with van der Waals surface area (Å²) in [6.45, 7) is 0. The average Bonchev–Trinajstić information content (AvgIpc) is 3.91. The molecule has 0 N–H and O–H groups in total. The van der Waals surface area contributed by atoms with Crippen LogP contribution in [0, 0.1) is 0 Å². The normalized spacial score (nSPS) is 11.5. The van der Waals surface area contributed by atoms with Gasteiger partial charge in [-0.1, -0.05) is 182 Å². The summed E-state index contributed by atoms with van der Waals surface area (Å²) in [6.07, 6.45) is 0. The molecule has 0 spiro atoms. The highest BCUT2D eigenvalue weighted by Crippen LogP contribution is 2.42. The first kappa shape index (κ1) is 36.5. The van der Waals surface area contributed by atoms with E-state index in [-0.39, 0.29) is 0 Å². The maximum Gasteiger partial charge on any atom is 0.143 e. The lowest BCUT2D eigenvalue weighted by Gasteiger charge is -2.26. The highest BCUT2D eigenvalue weighted by atomic mass is 16.3. The van der Waals surface area contributed by atoms with Crippen LogP contribution in [-0.4, -0.2) is 4.57 Å². The quantitative estimate of drug-likeness (QED) is 0.153. The molecule has 0 fully saturated rings. The number of furan rings is 1. The predicted molar refractivity (Wildman–Crippen MR) is 264 cm³/mol. The second-order valence-electron chi connectivity index (χ2n) is 16.1. The molecule has 3 heteroatoms. The summed E-state index contributed by atoms with van der Waals surface area (Å²) in [4.78, 5) is 2.34. The minimum atomic E-state index is 0.902. The summed E-state index contributed by atoms with van der Waals surface area (Å²) in [7, 11) is 0. The summed E-state index contributed by atoms with van der Waals surface area (Å²) in [5.41, 5.74) is 17.8. The molecule has 0 bridgehead atoms. The minimum Gasteiger partial charge on any atom is -0.455 e. The van der Waals surface area contributed by atoms with Crippen LogP contribution >= 0.6 is 0 Å². The molecule has 12 rings (SSSR count). The number of para-hydroxylation sites is 4. The summed E-state index contributed by atoms with van der Waals surface area (Å²) >= 11 is 0. The minimum absolute atomic E-state index is 0.902. The van der Waals surface area contributed by atoms with Gasteiger partial charge in [-0.2, -0.15) is 0 Å². The lowest BCUT2D eigenvalue weighted by Crippen LogP contribution is -2.09. The summed E-state index contributed by atoms with van der Waals surface area (Å²) in [5.74, 6) is 0. The van der Waals surface area contributed by atoms with Crippen LogP contribution in [0.4, 0.5) is 17.1 Å². The van der Waals surface area contributed by atoms with Crippen molar-refractivity contribution in [1.82, 2.24) is 4.57 Å². The van der Waals surface area contributed by atoms with Crippen LogP contribution in [0.2, 0.25) is 0 Å². The Kier molecular flexibility index (Phi) is 8.83. The summed E-state index contributed by atoms with van der Waals surface area (Å²) in [5, 5.41) is 4.75. The third kappa shape index (κ3) is 6.38. The van der Waals surface area contributed by atoms with Crippen molar-refractivity contribution < 1.29 is 4.42 Å². The van der Waals surface area contributed by atoms with Gasteiger partial charge >= 0.3 is 0 Å². The number of nitrogens with zero attached hydrogens (tertiary/aromatic N) is 2. The molecular formula is C60H40N2O. The van der Waals surface area contributed by atoms with Gasteiger partial charge in [-0.15, -0.1) is 0 Å². The van der Waals surface area contributed by atoms with Crippen molar-refractivity contribution in [1.29, 1.82) is 0 Å². The predicted octanol–water partition coefficient (Wildman–Crippen LogP) is 16.8. The van der Waals surface area contributed by atoms with Crippen LogP contribution in [0.1, 0.15) is 0 Å². The Labute approximate surface area is 366 Å². The number of rotatable bonds is 8. The Bertz CT molecular complexity index is 3530. The van der Waals surface area contributed by atoms with E-state index in [1.54, 1.807) is 0 Å². The van der Waals surface area contributed by atoms with Gasteiger partial charge < -0.3 is 13.9 Å². The molecule has 10 aromatic carbocycles. The molecule has 0 saturated carbocycles. The van der Waals surface area contributed by atoms with Gasteiger partial charge in [0.15, 0.2) is 0 Å². The van der Waals surface area contributed by atoms with Crippen molar-refractivity contribution >= 4 is 60.8 Å². The van der Waals surface area contributed by atoms with Crippen molar-refractivity contribution in [3.05, 3.63) is 243 Å². The summed E-state index contributed by atoms with van der Waals surface area (Å²) < 4.78 is 8.88. The largest absolute Gasteiger partial charge is 0.455 e. The van der Waals surface area contributed by atoms with Crippen LogP contribution in [0.3, 0.4) is 0 Å². The first-order chi connectivity index (χ1) is 31.2. The van der Waals surface area contributed by atoms with Crippen LogP contribution in [0.15, 0.2) is 247 Å². The SMILES string of the molecule is c1ccc(-c2ccc(N(c3ccc(-c4ccc(-c5ccccc5)cc4-n4c5ccccc5c5ccccc54)cc3)c3ccc(-c4cccc5c4oc4ccccc45)cc3)cc2)cc1. The average molecular weight is 805 g/mol. The molecule has 0 radical (unpaired) electrons. The standard InChI is InChI=1S/C60H40N2O/c1-3-14-41(15-4-1)43-26-33-47(34-27-43)61(49-37-30-45(31-38-49)51-21-13-22-55-54-20-9-12-25-59(54)63-60(51)55)48-35-28-44(29-36-48)50-39-32-46(42-16-5-2-6-17-42)40-58(50)62-56-23-10-7-18-52(56)53-19-8-11-24-57(53)62/h1-40H. The molecule has 296 valence electrons. The monoisotopic (exact) mass is 804 g/mol. The number of hydrogen-bond donors (Lipinski definition) is 0. The van der Waals surface area contributed by atoms with E-state index < -0.39 is 0 Å². The second kappa shape index (κ2) is 15.3. The molecule has 0 unspecified atom stereocenters. The topological polar surface area (TPSA) is 21.3 Å². The zero-order chi connectivity index (χ0) is 41.7. The number of hydrogen-bond acceptors (Lipinski definition) is 2. The molecule has 0 saturated heterocycles. The van der Waals surface area contributed by atoms with Gasteiger partial charge in [-0.05, 0) is 94.0 Å². The Balaban J connectivity index is 0.978. The zero-order valence-electron chi connectivity index (χ0n) is 34.4. The fourth-order valence-corrected chi connectivity index (χ4v) is 9.39. The first-order valence-electron chi connectivity index (χ1n) is 21.5. The van der Waals surface area contributed by atoms with Crippen molar-refractivity contribution in [2.45, 2.75) is 0 Å². The smallest absolute Gasteiger partial charge is 0.143 e. The van der Waals surface area contributed by atoms with Crippen molar-refractivity contribution in [3.63, 3.8) is 0 Å². The molecule has 0 amide bonds. The number of benzene rings is 10. The first-order valence-corrected chi connectivity index (χ1v) is 21.5. The Morgan fingerprint density at radius 2 is 0.746 bits per heavy atom. The number of fused-ring (bicyclic) bond motifs is 6. The van der Waals surface area contributed by atoms with Crippen molar-refractivity contribution in [2.75, 3.05) is 4.90 Å². The highest BCUT2D eigenvalue weighted by molar-refractivity contribution is 6.11. The Morgan fingerprint density at radius 3 is 1.35 bits per heavy atom. The van der Waals surface area contributed by atoms with E-state index in [0.717, 1.165) is 66.9 Å². The lowest BCUT2D eigenvalue weighted by atomic mass is 9.97. The molecule has 0 atom stereocenters.